The van der Waals surface area contributed by atoms with E-state index in [2.05, 4.69) is 21.3 Å². The van der Waals surface area contributed by atoms with Crippen LogP contribution in [-0.2, 0) is 16.0 Å². The minimum atomic E-state index is -0.104. The van der Waals surface area contributed by atoms with Crippen LogP contribution in [0.25, 0.3) is 10.9 Å². The average molecular weight is 344 g/mol. The first-order chi connectivity index (χ1) is 12.0. The first-order valence-electron chi connectivity index (χ1n) is 8.69. The molecule has 0 spiro atoms. The summed E-state index contributed by atoms with van der Waals surface area (Å²) in [6.07, 6.45) is 3.59. The third kappa shape index (κ3) is 5.90. The maximum absolute atomic E-state index is 12.1. The lowest BCUT2D eigenvalue weighted by molar-refractivity contribution is -0.134. The number of H-pyrrole nitrogens is 1. The van der Waals surface area contributed by atoms with Crippen molar-refractivity contribution in [1.29, 1.82) is 0 Å². The molecule has 0 saturated carbocycles. The van der Waals surface area contributed by atoms with Crippen LogP contribution in [0.2, 0.25) is 0 Å². The second kappa shape index (κ2) is 9.22. The molecule has 136 valence electrons. The number of para-hydroxylation sites is 1. The van der Waals surface area contributed by atoms with E-state index >= 15 is 0 Å². The molecule has 1 heterocycles. The summed E-state index contributed by atoms with van der Waals surface area (Å²) in [5.74, 6) is -0.184. The Balaban J connectivity index is 1.84. The summed E-state index contributed by atoms with van der Waals surface area (Å²) in [6.45, 7) is 3.71. The highest BCUT2D eigenvalue weighted by atomic mass is 16.2. The van der Waals surface area contributed by atoms with E-state index in [1.54, 1.807) is 4.90 Å². The van der Waals surface area contributed by atoms with Crippen LogP contribution in [0.5, 0.6) is 0 Å². The SMILES string of the molecule is CC(=O)N(CCc1c[nH]c2ccccc12)CC(=O)NCCCN(C)C. The van der Waals surface area contributed by atoms with Crippen molar-refractivity contribution in [3.63, 3.8) is 0 Å². The van der Waals surface area contributed by atoms with Gasteiger partial charge in [0.15, 0.2) is 0 Å². The van der Waals surface area contributed by atoms with Crippen molar-refractivity contribution in [3.05, 3.63) is 36.0 Å². The number of aromatic nitrogens is 1. The highest BCUT2D eigenvalue weighted by Gasteiger charge is 2.14. The number of aromatic amines is 1. The van der Waals surface area contributed by atoms with E-state index < -0.39 is 0 Å². The van der Waals surface area contributed by atoms with Gasteiger partial charge in [-0.15, -0.1) is 0 Å². The zero-order valence-corrected chi connectivity index (χ0v) is 15.3. The Labute approximate surface area is 149 Å². The second-order valence-corrected chi connectivity index (χ2v) is 6.56. The van der Waals surface area contributed by atoms with Gasteiger partial charge in [-0.05, 0) is 45.1 Å². The van der Waals surface area contributed by atoms with Crippen LogP contribution in [0.3, 0.4) is 0 Å². The quantitative estimate of drug-likeness (QED) is 0.680. The molecule has 2 N–H and O–H groups in total. The smallest absolute Gasteiger partial charge is 0.239 e. The van der Waals surface area contributed by atoms with E-state index in [4.69, 9.17) is 0 Å². The van der Waals surface area contributed by atoms with Crippen molar-refractivity contribution >= 4 is 22.7 Å². The number of hydrogen-bond acceptors (Lipinski definition) is 3. The lowest BCUT2D eigenvalue weighted by Crippen LogP contribution is -2.41. The topological polar surface area (TPSA) is 68.4 Å². The third-order valence-corrected chi connectivity index (χ3v) is 4.21. The molecule has 0 bridgehead atoms. The maximum atomic E-state index is 12.1. The van der Waals surface area contributed by atoms with Crippen LogP contribution in [0, 0.1) is 0 Å². The molecule has 0 atom stereocenters. The van der Waals surface area contributed by atoms with Crippen molar-refractivity contribution in [3.8, 4) is 0 Å². The Morgan fingerprint density at radius 2 is 1.92 bits per heavy atom. The summed E-state index contributed by atoms with van der Waals surface area (Å²) in [4.78, 5) is 30.8. The number of nitrogens with zero attached hydrogens (tertiary/aromatic N) is 2. The molecule has 0 aliphatic carbocycles. The van der Waals surface area contributed by atoms with E-state index in [1.165, 1.54) is 12.3 Å². The highest BCUT2D eigenvalue weighted by molar-refractivity contribution is 5.84. The van der Waals surface area contributed by atoms with Crippen LogP contribution in [0.15, 0.2) is 30.5 Å². The Kier molecular flexibility index (Phi) is 7.01. The van der Waals surface area contributed by atoms with E-state index in [9.17, 15) is 9.59 Å². The number of hydrogen-bond donors (Lipinski definition) is 2. The van der Waals surface area contributed by atoms with Crippen LogP contribution >= 0.6 is 0 Å². The third-order valence-electron chi connectivity index (χ3n) is 4.21. The average Bonchev–Trinajstić information content (AvgIpc) is 2.98. The van der Waals surface area contributed by atoms with Gasteiger partial charge in [0, 0.05) is 37.1 Å². The van der Waals surface area contributed by atoms with E-state index in [0.29, 0.717) is 13.1 Å². The number of carbonyl (C=O) groups is 2. The van der Waals surface area contributed by atoms with Crippen molar-refractivity contribution in [2.75, 3.05) is 40.3 Å². The fourth-order valence-electron chi connectivity index (χ4n) is 2.79. The summed E-state index contributed by atoms with van der Waals surface area (Å²) in [5.41, 5.74) is 2.25. The van der Waals surface area contributed by atoms with Gasteiger partial charge in [0.25, 0.3) is 0 Å². The molecule has 1 aromatic carbocycles. The van der Waals surface area contributed by atoms with Gasteiger partial charge in [0.05, 0.1) is 6.54 Å². The molecule has 2 amide bonds. The molecule has 6 heteroatoms. The molecule has 0 fully saturated rings. The number of benzene rings is 1. The van der Waals surface area contributed by atoms with Gasteiger partial charge in [-0.3, -0.25) is 9.59 Å². The van der Waals surface area contributed by atoms with Crippen molar-refractivity contribution in [1.82, 2.24) is 20.1 Å². The zero-order chi connectivity index (χ0) is 18.2. The molecule has 0 radical (unpaired) electrons. The minimum Gasteiger partial charge on any atom is -0.361 e. The lowest BCUT2D eigenvalue weighted by atomic mass is 10.1. The maximum Gasteiger partial charge on any atom is 0.239 e. The van der Waals surface area contributed by atoms with Crippen LogP contribution in [0.4, 0.5) is 0 Å². The van der Waals surface area contributed by atoms with E-state index in [0.717, 1.165) is 30.5 Å². The fourth-order valence-corrected chi connectivity index (χ4v) is 2.79. The highest BCUT2D eigenvalue weighted by Crippen LogP contribution is 2.18. The van der Waals surface area contributed by atoms with Gasteiger partial charge < -0.3 is 20.1 Å². The van der Waals surface area contributed by atoms with E-state index in [1.807, 2.05) is 38.5 Å². The van der Waals surface area contributed by atoms with Crippen LogP contribution < -0.4 is 5.32 Å². The Morgan fingerprint density at radius 1 is 1.16 bits per heavy atom. The van der Waals surface area contributed by atoms with Crippen molar-refractivity contribution < 1.29 is 9.59 Å². The summed E-state index contributed by atoms with van der Waals surface area (Å²) in [7, 11) is 4.01. The summed E-state index contributed by atoms with van der Waals surface area (Å²) in [5, 5.41) is 4.05. The van der Waals surface area contributed by atoms with Gasteiger partial charge in [0.2, 0.25) is 11.8 Å². The van der Waals surface area contributed by atoms with Gasteiger partial charge in [-0.25, -0.2) is 0 Å². The number of rotatable bonds is 9. The molecular formula is C19H28N4O2. The monoisotopic (exact) mass is 344 g/mol. The zero-order valence-electron chi connectivity index (χ0n) is 15.3. The fraction of sp³-hybridized carbons (Fsp3) is 0.474. The van der Waals surface area contributed by atoms with Crippen LogP contribution in [-0.4, -0.2) is 66.9 Å². The number of fused-ring (bicyclic) bond motifs is 1. The lowest BCUT2D eigenvalue weighted by Gasteiger charge is -2.20. The van der Waals surface area contributed by atoms with Gasteiger partial charge in [-0.2, -0.15) is 0 Å². The predicted octanol–water partition coefficient (Wildman–Crippen LogP) is 1.63. The van der Waals surface area contributed by atoms with Crippen molar-refractivity contribution in [2.24, 2.45) is 0 Å². The number of carbonyl (C=O) groups excluding carboxylic acids is 2. The molecule has 2 rings (SSSR count). The molecule has 0 aliphatic rings. The summed E-state index contributed by atoms with van der Waals surface area (Å²) < 4.78 is 0. The second-order valence-electron chi connectivity index (χ2n) is 6.56. The predicted molar refractivity (Wildman–Crippen MR) is 100 cm³/mol. The first kappa shape index (κ1) is 19.0. The van der Waals surface area contributed by atoms with Crippen LogP contribution in [0.1, 0.15) is 18.9 Å². The standard InChI is InChI=1S/C19H28N4O2/c1-15(24)23(14-19(25)20-10-6-11-22(2)3)12-9-16-13-21-18-8-5-4-7-17(16)18/h4-5,7-8,13,21H,6,9-12,14H2,1-3H3,(H,20,25). The number of amides is 2. The summed E-state index contributed by atoms with van der Waals surface area (Å²) in [6, 6.07) is 8.09. The van der Waals surface area contributed by atoms with E-state index in [-0.39, 0.29) is 18.4 Å². The van der Waals surface area contributed by atoms with Gasteiger partial charge in [0.1, 0.15) is 0 Å². The number of nitrogens with one attached hydrogen (secondary N) is 2. The molecular weight excluding hydrogens is 316 g/mol. The van der Waals surface area contributed by atoms with Gasteiger partial charge in [-0.1, -0.05) is 18.2 Å². The molecule has 6 nitrogen and oxygen atoms in total. The Hall–Kier alpha value is -2.34. The minimum absolute atomic E-state index is 0.0803. The molecule has 25 heavy (non-hydrogen) atoms. The molecule has 2 aromatic rings. The molecule has 0 aliphatic heterocycles. The van der Waals surface area contributed by atoms with Gasteiger partial charge >= 0.3 is 0 Å². The first-order valence-corrected chi connectivity index (χ1v) is 8.69. The summed E-state index contributed by atoms with van der Waals surface area (Å²) >= 11 is 0. The Bertz CT molecular complexity index is 708. The Morgan fingerprint density at radius 3 is 2.64 bits per heavy atom. The molecule has 1 aromatic heterocycles. The largest absolute Gasteiger partial charge is 0.361 e. The molecule has 0 saturated heterocycles. The molecule has 0 unspecified atom stereocenters. The normalized spacial score (nSPS) is 11.0. The van der Waals surface area contributed by atoms with Crippen molar-refractivity contribution in [2.45, 2.75) is 19.8 Å².